The maximum atomic E-state index is 10.4. The van der Waals surface area contributed by atoms with Gasteiger partial charge in [0.2, 0.25) is 0 Å². The smallest absolute Gasteiger partial charge is 0.257 e. The first-order valence-electron chi connectivity index (χ1n) is 3.42. The van der Waals surface area contributed by atoms with Gasteiger partial charge in [-0.25, -0.2) is 0 Å². The molecular formula is C7H11ClO3S. The van der Waals surface area contributed by atoms with Crippen LogP contribution in [0.3, 0.4) is 0 Å². The molecule has 0 spiro atoms. The lowest BCUT2D eigenvalue weighted by Crippen LogP contribution is -2.02. The second kappa shape index (κ2) is 6.30. The average Bonchev–Trinajstić information content (AvgIpc) is 1.94. The Morgan fingerprint density at radius 1 is 1.42 bits per heavy atom. The minimum absolute atomic E-state index is 0.0683. The summed E-state index contributed by atoms with van der Waals surface area (Å²) in [6.45, 7) is -0.0683. The Kier molecular flexibility index (Phi) is 6.17. The lowest BCUT2D eigenvalue weighted by Gasteiger charge is -1.91. The van der Waals surface area contributed by atoms with Gasteiger partial charge in [-0.05, 0) is 6.42 Å². The topological polar surface area (TPSA) is 43.4 Å². The zero-order chi connectivity index (χ0) is 9.45. The molecule has 0 aromatic heterocycles. The lowest BCUT2D eigenvalue weighted by molar-refractivity contribution is 0.367. The largest absolute Gasteiger partial charge is 0.265 e. The van der Waals surface area contributed by atoms with E-state index in [-0.39, 0.29) is 6.61 Å². The van der Waals surface area contributed by atoms with E-state index in [9.17, 15) is 8.42 Å². The van der Waals surface area contributed by atoms with Crippen molar-refractivity contribution in [3.63, 3.8) is 0 Å². The fourth-order valence-electron chi connectivity index (χ4n) is 0.431. The third-order valence-corrected chi connectivity index (χ3v) is 1.72. The molecule has 0 N–H and O–H groups in total. The number of unbranched alkanes of at least 4 members (excludes halogenated alkanes) is 1. The molecule has 0 aliphatic carbocycles. The van der Waals surface area contributed by atoms with Crippen molar-refractivity contribution in [1.29, 1.82) is 0 Å². The van der Waals surface area contributed by atoms with E-state index in [2.05, 4.69) is 16.0 Å². The second-order valence-corrected chi connectivity index (χ2v) is 4.13. The van der Waals surface area contributed by atoms with Crippen molar-refractivity contribution < 1.29 is 12.6 Å². The van der Waals surface area contributed by atoms with E-state index in [1.165, 1.54) is 0 Å². The van der Waals surface area contributed by atoms with Crippen LogP contribution in [0.4, 0.5) is 0 Å². The van der Waals surface area contributed by atoms with Crippen molar-refractivity contribution >= 4 is 21.7 Å². The Balaban J connectivity index is 3.47. The van der Waals surface area contributed by atoms with Crippen molar-refractivity contribution in [2.45, 2.75) is 12.8 Å². The normalized spacial score (nSPS) is 10.5. The van der Waals surface area contributed by atoms with Gasteiger partial charge in [-0.2, -0.15) is 8.42 Å². The minimum Gasteiger partial charge on any atom is -0.257 e. The van der Waals surface area contributed by atoms with Crippen LogP contribution in [0.15, 0.2) is 0 Å². The molecule has 0 heterocycles. The molecule has 5 heteroatoms. The Labute approximate surface area is 78.2 Å². The first-order valence-corrected chi connectivity index (χ1v) is 5.77. The van der Waals surface area contributed by atoms with Crippen LogP contribution in [-0.2, 0) is 14.3 Å². The van der Waals surface area contributed by atoms with Crippen molar-refractivity contribution in [3.05, 3.63) is 0 Å². The number of halogens is 1. The highest BCUT2D eigenvalue weighted by Gasteiger charge is 1.96. The first-order chi connectivity index (χ1) is 5.56. The molecule has 0 aromatic rings. The molecule has 0 radical (unpaired) electrons. The van der Waals surface area contributed by atoms with Crippen LogP contribution in [-0.4, -0.2) is 27.2 Å². The van der Waals surface area contributed by atoms with Gasteiger partial charge in [0.1, 0.15) is 6.61 Å². The summed E-state index contributed by atoms with van der Waals surface area (Å²) in [5, 5.41) is 0. The van der Waals surface area contributed by atoms with E-state index in [1.807, 2.05) is 0 Å². The molecule has 0 aromatic carbocycles. The fourth-order valence-corrected chi connectivity index (χ4v) is 0.838. The van der Waals surface area contributed by atoms with Crippen LogP contribution in [0.1, 0.15) is 12.8 Å². The molecule has 0 aliphatic heterocycles. The number of hydrogen-bond donors (Lipinski definition) is 0. The van der Waals surface area contributed by atoms with Crippen LogP contribution in [0.25, 0.3) is 0 Å². The summed E-state index contributed by atoms with van der Waals surface area (Å²) in [7, 11) is -3.35. The van der Waals surface area contributed by atoms with Crippen molar-refractivity contribution in [2.75, 3.05) is 18.7 Å². The summed E-state index contributed by atoms with van der Waals surface area (Å²) in [6, 6.07) is 0. The molecular weight excluding hydrogens is 200 g/mol. The summed E-state index contributed by atoms with van der Waals surface area (Å²) < 4.78 is 25.2. The lowest BCUT2D eigenvalue weighted by atomic mass is 10.3. The van der Waals surface area contributed by atoms with Gasteiger partial charge in [-0.15, -0.1) is 17.5 Å². The summed E-state index contributed by atoms with van der Waals surface area (Å²) >= 11 is 5.39. The molecule has 0 atom stereocenters. The number of alkyl halides is 1. The summed E-state index contributed by atoms with van der Waals surface area (Å²) in [4.78, 5) is 0. The van der Waals surface area contributed by atoms with Gasteiger partial charge in [-0.3, -0.25) is 4.18 Å². The van der Waals surface area contributed by atoms with Gasteiger partial charge in [0, 0.05) is 12.3 Å². The molecule has 0 saturated carbocycles. The fraction of sp³-hybridized carbons (Fsp3) is 0.714. The standard InChI is InChI=1S/C7H11ClO3S/c1-12(9,10)11-7-5-3-2-4-6-8/h2,4,6-7H2,1H3. The highest BCUT2D eigenvalue weighted by molar-refractivity contribution is 7.85. The average molecular weight is 211 g/mol. The monoisotopic (exact) mass is 210 g/mol. The van der Waals surface area contributed by atoms with Crippen LogP contribution >= 0.6 is 11.6 Å². The van der Waals surface area contributed by atoms with Crippen LogP contribution < -0.4 is 0 Å². The predicted octanol–water partition coefficient (Wildman–Crippen LogP) is 0.985. The van der Waals surface area contributed by atoms with Crippen LogP contribution in [0, 0.1) is 11.8 Å². The van der Waals surface area contributed by atoms with E-state index in [4.69, 9.17) is 11.6 Å². The minimum atomic E-state index is -3.35. The maximum Gasteiger partial charge on any atom is 0.265 e. The summed E-state index contributed by atoms with van der Waals surface area (Å²) in [6.07, 6.45) is 2.48. The van der Waals surface area contributed by atoms with Gasteiger partial charge < -0.3 is 0 Å². The SMILES string of the molecule is CS(=O)(=O)OCC#CCCCCl. The Morgan fingerprint density at radius 2 is 2.08 bits per heavy atom. The first kappa shape index (κ1) is 11.8. The van der Waals surface area contributed by atoms with Gasteiger partial charge >= 0.3 is 0 Å². The van der Waals surface area contributed by atoms with E-state index in [1.54, 1.807) is 0 Å². The van der Waals surface area contributed by atoms with E-state index in [0.29, 0.717) is 12.3 Å². The third-order valence-electron chi connectivity index (χ3n) is 0.906. The summed E-state index contributed by atoms with van der Waals surface area (Å²) in [5.41, 5.74) is 0. The third kappa shape index (κ3) is 9.76. The van der Waals surface area contributed by atoms with Gasteiger partial charge in [-0.1, -0.05) is 5.92 Å². The highest BCUT2D eigenvalue weighted by Crippen LogP contribution is 1.89. The summed E-state index contributed by atoms with van der Waals surface area (Å²) in [5.74, 6) is 5.87. The van der Waals surface area contributed by atoms with Gasteiger partial charge in [0.05, 0.1) is 6.26 Å². The Hall–Kier alpha value is -0.240. The van der Waals surface area contributed by atoms with E-state index in [0.717, 1.165) is 12.7 Å². The molecule has 0 amide bonds. The highest BCUT2D eigenvalue weighted by atomic mass is 35.5. The zero-order valence-corrected chi connectivity index (χ0v) is 8.41. The van der Waals surface area contributed by atoms with Crippen molar-refractivity contribution in [2.24, 2.45) is 0 Å². The number of hydrogen-bond acceptors (Lipinski definition) is 3. The number of rotatable bonds is 4. The molecule has 0 unspecified atom stereocenters. The quantitative estimate of drug-likeness (QED) is 0.301. The van der Waals surface area contributed by atoms with Crippen molar-refractivity contribution in [1.82, 2.24) is 0 Å². The van der Waals surface area contributed by atoms with Gasteiger partial charge in [0.15, 0.2) is 0 Å². The molecule has 0 rings (SSSR count). The maximum absolute atomic E-state index is 10.4. The molecule has 70 valence electrons. The van der Waals surface area contributed by atoms with Gasteiger partial charge in [0.25, 0.3) is 10.1 Å². The molecule has 3 nitrogen and oxygen atoms in total. The van der Waals surface area contributed by atoms with E-state index < -0.39 is 10.1 Å². The Morgan fingerprint density at radius 3 is 2.58 bits per heavy atom. The van der Waals surface area contributed by atoms with Crippen LogP contribution in [0.2, 0.25) is 0 Å². The van der Waals surface area contributed by atoms with E-state index >= 15 is 0 Å². The Bertz CT molecular complexity index is 260. The second-order valence-electron chi connectivity index (χ2n) is 2.11. The zero-order valence-electron chi connectivity index (χ0n) is 6.84. The molecule has 0 bridgehead atoms. The molecule has 0 saturated heterocycles. The molecule has 12 heavy (non-hydrogen) atoms. The van der Waals surface area contributed by atoms with Crippen LogP contribution in [0.5, 0.6) is 0 Å². The van der Waals surface area contributed by atoms with Crippen molar-refractivity contribution in [3.8, 4) is 11.8 Å². The molecule has 0 aliphatic rings. The predicted molar refractivity (Wildman–Crippen MR) is 48.5 cm³/mol. The molecule has 0 fully saturated rings.